The minimum atomic E-state index is -3.56. The molecule has 0 bridgehead atoms. The molecule has 0 saturated heterocycles. The molecule has 0 aromatic heterocycles. The first-order chi connectivity index (χ1) is 9.35. The lowest BCUT2D eigenvalue weighted by Crippen LogP contribution is -2.26. The molecule has 0 atom stereocenters. The number of nitrogens with one attached hydrogen (secondary N) is 1. The van der Waals surface area contributed by atoms with Crippen LogP contribution >= 0.6 is 23.2 Å². The van der Waals surface area contributed by atoms with Crippen molar-refractivity contribution in [2.75, 3.05) is 0 Å². The van der Waals surface area contributed by atoms with Crippen LogP contribution in [0.3, 0.4) is 0 Å². The van der Waals surface area contributed by atoms with Crippen LogP contribution in [0.1, 0.15) is 25.3 Å². The van der Waals surface area contributed by atoms with Gasteiger partial charge in [0.05, 0.1) is 21.5 Å². The molecule has 7 heteroatoms. The number of sulfonamides is 1. The van der Waals surface area contributed by atoms with Crippen LogP contribution in [0, 0.1) is 0 Å². The van der Waals surface area contributed by atoms with Gasteiger partial charge in [-0.05, 0) is 43.5 Å². The lowest BCUT2D eigenvalue weighted by atomic mass is 10.2. The summed E-state index contributed by atoms with van der Waals surface area (Å²) in [5.41, 5.74) is 0.654. The van der Waals surface area contributed by atoms with Crippen molar-refractivity contribution in [2.24, 2.45) is 4.99 Å². The Morgan fingerprint density at radius 3 is 2.65 bits per heavy atom. The number of amidine groups is 1. The van der Waals surface area contributed by atoms with Crippen LogP contribution in [-0.4, -0.2) is 20.3 Å². The minimum Gasteiger partial charge on any atom is -0.269 e. The fraction of sp³-hybridized carbons (Fsp3) is 0.308. The summed E-state index contributed by atoms with van der Waals surface area (Å²) in [6.07, 6.45) is 3.51. The van der Waals surface area contributed by atoms with Crippen molar-refractivity contribution >= 4 is 45.1 Å². The van der Waals surface area contributed by atoms with Gasteiger partial charge in [0.1, 0.15) is 5.84 Å². The van der Waals surface area contributed by atoms with E-state index in [4.69, 9.17) is 23.2 Å². The molecule has 0 spiro atoms. The molecular formula is C13H14Cl2N2O2S. The fourth-order valence-corrected chi connectivity index (χ4v) is 2.70. The quantitative estimate of drug-likeness (QED) is 0.678. The van der Waals surface area contributed by atoms with Gasteiger partial charge in [-0.25, -0.2) is 8.42 Å². The molecule has 1 aromatic rings. The highest BCUT2D eigenvalue weighted by molar-refractivity contribution is 7.93. The summed E-state index contributed by atoms with van der Waals surface area (Å²) in [6.45, 7) is 1.64. The minimum absolute atomic E-state index is 0.275. The maximum Gasteiger partial charge on any atom is 0.255 e. The van der Waals surface area contributed by atoms with Crippen molar-refractivity contribution in [2.45, 2.75) is 25.8 Å². The summed E-state index contributed by atoms with van der Waals surface area (Å²) >= 11 is 11.7. The number of hydrogen-bond acceptors (Lipinski definition) is 3. The normalized spacial score (nSPS) is 16.6. The molecule has 1 saturated carbocycles. The van der Waals surface area contributed by atoms with Crippen molar-refractivity contribution in [3.8, 4) is 0 Å². The van der Waals surface area contributed by atoms with E-state index >= 15 is 0 Å². The van der Waals surface area contributed by atoms with Crippen LogP contribution in [0.4, 0.5) is 0 Å². The average molecular weight is 333 g/mol. The molecule has 2 rings (SSSR count). The molecule has 20 heavy (non-hydrogen) atoms. The Morgan fingerprint density at radius 1 is 1.35 bits per heavy atom. The van der Waals surface area contributed by atoms with Gasteiger partial charge in [-0.3, -0.25) is 9.71 Å². The van der Waals surface area contributed by atoms with Crippen LogP contribution in [0.2, 0.25) is 10.0 Å². The van der Waals surface area contributed by atoms with E-state index in [0.29, 0.717) is 21.4 Å². The van der Waals surface area contributed by atoms with E-state index in [1.807, 2.05) is 0 Å². The Morgan fingerprint density at radius 2 is 2.05 bits per heavy atom. The predicted molar refractivity (Wildman–Crippen MR) is 83.7 cm³/mol. The molecule has 1 fully saturated rings. The smallest absolute Gasteiger partial charge is 0.255 e. The highest BCUT2D eigenvalue weighted by Crippen LogP contribution is 2.24. The zero-order chi connectivity index (χ0) is 14.8. The number of hydrogen-bond donors (Lipinski definition) is 1. The van der Waals surface area contributed by atoms with E-state index in [2.05, 4.69) is 9.71 Å². The molecule has 0 heterocycles. The first-order valence-corrected chi connectivity index (χ1v) is 8.36. The van der Waals surface area contributed by atoms with E-state index in [-0.39, 0.29) is 6.04 Å². The van der Waals surface area contributed by atoms with Gasteiger partial charge in [-0.2, -0.15) is 0 Å². The molecule has 1 aromatic carbocycles. The number of rotatable bonds is 4. The highest BCUT2D eigenvalue weighted by atomic mass is 35.5. The SMILES string of the molecule is CC(=NC1CC1)NS(=O)(=O)/C=C/c1ccc(Cl)c(Cl)c1. The van der Waals surface area contributed by atoms with E-state index in [0.717, 1.165) is 18.2 Å². The number of aliphatic imine (C=N–C) groups is 1. The predicted octanol–water partition coefficient (Wildman–Crippen LogP) is 3.46. The summed E-state index contributed by atoms with van der Waals surface area (Å²) in [5, 5.41) is 1.89. The van der Waals surface area contributed by atoms with Crippen LogP contribution in [0.5, 0.6) is 0 Å². The van der Waals surface area contributed by atoms with Gasteiger partial charge in [-0.1, -0.05) is 29.3 Å². The molecular weight excluding hydrogens is 319 g/mol. The van der Waals surface area contributed by atoms with Gasteiger partial charge in [0.2, 0.25) is 0 Å². The zero-order valence-corrected chi connectivity index (χ0v) is 13.1. The summed E-state index contributed by atoms with van der Waals surface area (Å²) in [5.74, 6) is 0.409. The van der Waals surface area contributed by atoms with Crippen LogP contribution in [0.25, 0.3) is 6.08 Å². The van der Waals surface area contributed by atoms with E-state index < -0.39 is 10.0 Å². The molecule has 0 amide bonds. The van der Waals surface area contributed by atoms with Gasteiger partial charge in [0.25, 0.3) is 10.0 Å². The number of halogens is 2. The Bertz CT molecular complexity index is 665. The number of benzene rings is 1. The average Bonchev–Trinajstić information content (AvgIpc) is 3.14. The Labute approximate surface area is 128 Å². The van der Waals surface area contributed by atoms with E-state index in [1.165, 1.54) is 6.08 Å². The lowest BCUT2D eigenvalue weighted by molar-refractivity contribution is 0.601. The zero-order valence-electron chi connectivity index (χ0n) is 10.8. The summed E-state index contributed by atoms with van der Waals surface area (Å²) in [7, 11) is -3.56. The molecule has 4 nitrogen and oxygen atoms in total. The summed E-state index contributed by atoms with van der Waals surface area (Å²) < 4.78 is 26.1. The monoisotopic (exact) mass is 332 g/mol. The maximum atomic E-state index is 11.8. The summed E-state index contributed by atoms with van der Waals surface area (Å²) in [6, 6.07) is 5.17. The Kier molecular flexibility index (Phi) is 4.73. The summed E-state index contributed by atoms with van der Waals surface area (Å²) in [4.78, 5) is 4.21. The molecule has 0 aliphatic heterocycles. The topological polar surface area (TPSA) is 58.5 Å². The molecule has 108 valence electrons. The van der Waals surface area contributed by atoms with Crippen molar-refractivity contribution < 1.29 is 8.42 Å². The van der Waals surface area contributed by atoms with Crippen LogP contribution in [-0.2, 0) is 10.0 Å². The second kappa shape index (κ2) is 6.16. The molecule has 0 radical (unpaired) electrons. The van der Waals surface area contributed by atoms with Gasteiger partial charge >= 0.3 is 0 Å². The van der Waals surface area contributed by atoms with Crippen molar-refractivity contribution in [3.05, 3.63) is 39.2 Å². The molecule has 0 unspecified atom stereocenters. The van der Waals surface area contributed by atoms with Crippen LogP contribution < -0.4 is 4.72 Å². The third-order valence-corrected chi connectivity index (χ3v) is 4.41. The largest absolute Gasteiger partial charge is 0.269 e. The molecule has 1 N–H and O–H groups in total. The fourth-order valence-electron chi connectivity index (χ4n) is 1.53. The highest BCUT2D eigenvalue weighted by Gasteiger charge is 2.20. The van der Waals surface area contributed by atoms with E-state index in [1.54, 1.807) is 25.1 Å². The van der Waals surface area contributed by atoms with Gasteiger partial charge in [0.15, 0.2) is 0 Å². The third kappa shape index (κ3) is 4.81. The first-order valence-electron chi connectivity index (χ1n) is 6.06. The van der Waals surface area contributed by atoms with E-state index in [9.17, 15) is 8.42 Å². The van der Waals surface area contributed by atoms with Gasteiger partial charge < -0.3 is 0 Å². The first kappa shape index (κ1) is 15.4. The van der Waals surface area contributed by atoms with Gasteiger partial charge in [-0.15, -0.1) is 0 Å². The molecule has 1 aliphatic carbocycles. The Balaban J connectivity index is 2.06. The Hall–Kier alpha value is -1.04. The van der Waals surface area contributed by atoms with Crippen molar-refractivity contribution in [3.63, 3.8) is 0 Å². The lowest BCUT2D eigenvalue weighted by Gasteiger charge is -2.03. The van der Waals surface area contributed by atoms with Crippen molar-refractivity contribution in [1.29, 1.82) is 0 Å². The maximum absolute atomic E-state index is 11.8. The third-order valence-electron chi connectivity index (χ3n) is 2.60. The molecule has 1 aliphatic rings. The van der Waals surface area contributed by atoms with Gasteiger partial charge in [0, 0.05) is 0 Å². The van der Waals surface area contributed by atoms with Crippen molar-refractivity contribution in [1.82, 2.24) is 4.72 Å². The van der Waals surface area contributed by atoms with Crippen LogP contribution in [0.15, 0.2) is 28.6 Å². The second-order valence-electron chi connectivity index (χ2n) is 4.57. The second-order valence-corrected chi connectivity index (χ2v) is 6.95. The number of nitrogens with zero attached hydrogens (tertiary/aromatic N) is 1. The standard InChI is InChI=1S/C13H14Cl2N2O2S/c1-9(16-11-3-4-11)17-20(18,19)7-6-10-2-5-12(14)13(15)8-10/h2,5-8,11H,3-4H2,1H3,(H,16,17)/b7-6+.